The third kappa shape index (κ3) is 3.49. The van der Waals surface area contributed by atoms with Crippen LogP contribution in [0.4, 0.5) is 10.1 Å². The minimum atomic E-state index is -1.04. The molecule has 1 atom stereocenters. The standard InChI is InChI=1S/C21H19FN4OS/c1-25-8-10-26(11-9-25)18-7-6-14(12-16(18)22)20(27)15(13-23)21-24-17-4-2-3-5-19(17)28-21/h2-7,12,15H,8-11H2,1H3. The van der Waals surface area contributed by atoms with Gasteiger partial charge in [-0.3, -0.25) is 4.79 Å². The molecule has 0 N–H and O–H groups in total. The molecule has 28 heavy (non-hydrogen) atoms. The molecule has 1 unspecified atom stereocenters. The van der Waals surface area contributed by atoms with Crippen LogP contribution in [0.1, 0.15) is 21.3 Å². The van der Waals surface area contributed by atoms with Crippen molar-refractivity contribution >= 4 is 33.0 Å². The van der Waals surface area contributed by atoms with Crippen LogP contribution in [0, 0.1) is 17.1 Å². The highest BCUT2D eigenvalue weighted by molar-refractivity contribution is 7.18. The number of carbonyl (C=O) groups excluding carboxylic acids is 1. The number of carbonyl (C=O) groups is 1. The van der Waals surface area contributed by atoms with E-state index >= 15 is 0 Å². The number of halogens is 1. The third-order valence-electron chi connectivity index (χ3n) is 5.02. The van der Waals surface area contributed by atoms with Gasteiger partial charge in [-0.1, -0.05) is 12.1 Å². The smallest absolute Gasteiger partial charge is 0.187 e. The lowest BCUT2D eigenvalue weighted by molar-refractivity contribution is 0.0978. The Bertz CT molecular complexity index is 1030. The Morgan fingerprint density at radius 1 is 1.21 bits per heavy atom. The number of fused-ring (bicyclic) bond motifs is 1. The molecule has 4 rings (SSSR count). The van der Waals surface area contributed by atoms with Crippen molar-refractivity contribution in [3.05, 3.63) is 58.9 Å². The largest absolute Gasteiger partial charge is 0.367 e. The topological polar surface area (TPSA) is 60.2 Å². The summed E-state index contributed by atoms with van der Waals surface area (Å²) in [5.74, 6) is -1.90. The molecule has 5 nitrogen and oxygen atoms in total. The summed E-state index contributed by atoms with van der Waals surface area (Å²) in [4.78, 5) is 21.5. The molecule has 1 saturated heterocycles. The first-order chi connectivity index (χ1) is 13.6. The van der Waals surface area contributed by atoms with Gasteiger partial charge in [0.05, 0.1) is 22.0 Å². The molecule has 0 saturated carbocycles. The van der Waals surface area contributed by atoms with Crippen LogP contribution in [0.25, 0.3) is 10.2 Å². The first-order valence-electron chi connectivity index (χ1n) is 9.09. The number of piperazine rings is 1. The lowest BCUT2D eigenvalue weighted by Gasteiger charge is -2.34. The Morgan fingerprint density at radius 2 is 1.96 bits per heavy atom. The van der Waals surface area contributed by atoms with Crippen molar-refractivity contribution in [2.45, 2.75) is 5.92 Å². The quantitative estimate of drug-likeness (QED) is 0.632. The summed E-state index contributed by atoms with van der Waals surface area (Å²) in [6.07, 6.45) is 0. The van der Waals surface area contributed by atoms with Crippen molar-refractivity contribution in [2.75, 3.05) is 38.1 Å². The van der Waals surface area contributed by atoms with Gasteiger partial charge >= 0.3 is 0 Å². The highest BCUT2D eigenvalue weighted by Crippen LogP contribution is 2.30. The van der Waals surface area contributed by atoms with E-state index in [0.717, 1.165) is 36.4 Å². The molecule has 1 aliphatic heterocycles. The van der Waals surface area contributed by atoms with Gasteiger partial charge in [0.15, 0.2) is 11.7 Å². The first kappa shape index (κ1) is 18.5. The van der Waals surface area contributed by atoms with Gasteiger partial charge in [0.25, 0.3) is 0 Å². The maximum absolute atomic E-state index is 14.7. The van der Waals surface area contributed by atoms with E-state index in [1.165, 1.54) is 17.4 Å². The van der Waals surface area contributed by atoms with Crippen LogP contribution in [0.5, 0.6) is 0 Å². The summed E-state index contributed by atoms with van der Waals surface area (Å²) in [5, 5.41) is 10.0. The van der Waals surface area contributed by atoms with Gasteiger partial charge < -0.3 is 9.80 Å². The summed E-state index contributed by atoms with van der Waals surface area (Å²) >= 11 is 1.32. The number of para-hydroxylation sites is 1. The Kier molecular flexibility index (Phi) is 5.07. The summed E-state index contributed by atoms with van der Waals surface area (Å²) in [6, 6.07) is 14.0. The normalized spacial score (nSPS) is 16.1. The molecule has 2 aromatic carbocycles. The van der Waals surface area contributed by atoms with Gasteiger partial charge in [-0.25, -0.2) is 9.37 Å². The lowest BCUT2D eigenvalue weighted by atomic mass is 9.98. The van der Waals surface area contributed by atoms with Crippen LogP contribution in [-0.4, -0.2) is 48.9 Å². The molecule has 0 bridgehead atoms. The fraction of sp³-hybridized carbons (Fsp3) is 0.286. The molecule has 2 heterocycles. The average Bonchev–Trinajstić information content (AvgIpc) is 3.13. The number of Topliss-reactive ketones (excluding diaryl/α,β-unsaturated/α-hetero) is 1. The van der Waals surface area contributed by atoms with Crippen LogP contribution >= 0.6 is 11.3 Å². The van der Waals surface area contributed by atoms with Crippen molar-refractivity contribution in [2.24, 2.45) is 0 Å². The molecule has 0 spiro atoms. The second-order valence-electron chi connectivity index (χ2n) is 6.90. The minimum absolute atomic E-state index is 0.196. The number of thiazole rings is 1. The highest BCUT2D eigenvalue weighted by Gasteiger charge is 2.27. The molecular formula is C21H19FN4OS. The van der Waals surface area contributed by atoms with Gasteiger partial charge in [0.2, 0.25) is 0 Å². The fourth-order valence-electron chi connectivity index (χ4n) is 3.37. The predicted molar refractivity (Wildman–Crippen MR) is 108 cm³/mol. The first-order valence-corrected chi connectivity index (χ1v) is 9.91. The summed E-state index contributed by atoms with van der Waals surface area (Å²) in [7, 11) is 2.04. The zero-order valence-electron chi connectivity index (χ0n) is 15.4. The van der Waals surface area contributed by atoms with E-state index in [1.807, 2.05) is 42.3 Å². The van der Waals surface area contributed by atoms with Crippen LogP contribution in [0.3, 0.4) is 0 Å². The van der Waals surface area contributed by atoms with Crippen molar-refractivity contribution in [3.8, 4) is 6.07 Å². The van der Waals surface area contributed by atoms with Crippen molar-refractivity contribution in [1.29, 1.82) is 5.26 Å². The van der Waals surface area contributed by atoms with Crippen molar-refractivity contribution in [1.82, 2.24) is 9.88 Å². The van der Waals surface area contributed by atoms with E-state index in [9.17, 15) is 14.4 Å². The van der Waals surface area contributed by atoms with E-state index in [-0.39, 0.29) is 5.56 Å². The molecule has 0 aliphatic carbocycles. The Balaban J connectivity index is 1.59. The number of benzene rings is 2. The number of hydrogen-bond donors (Lipinski definition) is 0. The molecular weight excluding hydrogens is 375 g/mol. The van der Waals surface area contributed by atoms with Crippen molar-refractivity contribution in [3.63, 3.8) is 0 Å². The number of aromatic nitrogens is 1. The van der Waals surface area contributed by atoms with Gasteiger partial charge in [-0.2, -0.15) is 5.26 Å². The van der Waals surface area contributed by atoms with Crippen LogP contribution < -0.4 is 4.90 Å². The molecule has 1 fully saturated rings. The number of anilines is 1. The van der Waals surface area contributed by atoms with Gasteiger partial charge in [0, 0.05) is 31.7 Å². The molecule has 142 valence electrons. The fourth-order valence-corrected chi connectivity index (χ4v) is 4.38. The third-order valence-corrected chi connectivity index (χ3v) is 6.13. The Hall–Kier alpha value is -2.82. The molecule has 0 amide bonds. The highest BCUT2D eigenvalue weighted by atomic mass is 32.1. The minimum Gasteiger partial charge on any atom is -0.367 e. The number of hydrogen-bond acceptors (Lipinski definition) is 6. The number of rotatable bonds is 4. The number of ketones is 1. The van der Waals surface area contributed by atoms with E-state index < -0.39 is 17.5 Å². The van der Waals surface area contributed by atoms with Crippen LogP contribution in [0.2, 0.25) is 0 Å². The van der Waals surface area contributed by atoms with E-state index in [4.69, 9.17) is 0 Å². The van der Waals surface area contributed by atoms with Crippen LogP contribution in [-0.2, 0) is 0 Å². The lowest BCUT2D eigenvalue weighted by Crippen LogP contribution is -2.44. The number of nitrogens with zero attached hydrogens (tertiary/aromatic N) is 4. The van der Waals surface area contributed by atoms with Crippen LogP contribution in [0.15, 0.2) is 42.5 Å². The Labute approximate surface area is 166 Å². The predicted octanol–water partition coefficient (Wildman–Crippen LogP) is 3.68. The van der Waals surface area contributed by atoms with E-state index in [1.54, 1.807) is 12.1 Å². The second-order valence-corrected chi connectivity index (χ2v) is 7.96. The second kappa shape index (κ2) is 7.66. The van der Waals surface area contributed by atoms with Crippen molar-refractivity contribution < 1.29 is 9.18 Å². The average molecular weight is 394 g/mol. The Morgan fingerprint density at radius 3 is 2.64 bits per heavy atom. The maximum Gasteiger partial charge on any atom is 0.187 e. The number of nitriles is 1. The zero-order valence-corrected chi connectivity index (χ0v) is 16.2. The summed E-state index contributed by atoms with van der Waals surface area (Å²) in [5.41, 5.74) is 1.45. The monoisotopic (exact) mass is 394 g/mol. The SMILES string of the molecule is CN1CCN(c2ccc(C(=O)C(C#N)c3nc4ccccc4s3)cc2F)CC1. The summed E-state index contributed by atoms with van der Waals surface area (Å²) in [6.45, 7) is 3.23. The molecule has 7 heteroatoms. The van der Waals surface area contributed by atoms with E-state index in [2.05, 4.69) is 9.88 Å². The van der Waals surface area contributed by atoms with Gasteiger partial charge in [0.1, 0.15) is 10.8 Å². The van der Waals surface area contributed by atoms with E-state index in [0.29, 0.717) is 10.7 Å². The maximum atomic E-state index is 14.7. The number of likely N-dealkylation sites (N-methyl/N-ethyl adjacent to an activating group) is 1. The molecule has 1 aromatic heterocycles. The van der Waals surface area contributed by atoms with Gasteiger partial charge in [-0.15, -0.1) is 11.3 Å². The summed E-state index contributed by atoms with van der Waals surface area (Å²) < 4.78 is 15.6. The molecule has 0 radical (unpaired) electrons. The molecule has 3 aromatic rings. The van der Waals surface area contributed by atoms with Gasteiger partial charge in [-0.05, 0) is 37.4 Å². The molecule has 1 aliphatic rings. The zero-order chi connectivity index (χ0) is 19.7.